The number of hydrogen-bond donors (Lipinski definition) is 2. The highest BCUT2D eigenvalue weighted by molar-refractivity contribution is 5.92. The summed E-state index contributed by atoms with van der Waals surface area (Å²) < 4.78 is 6.99. The Labute approximate surface area is 151 Å². The Balaban J connectivity index is 0.00000288. The molecule has 0 bridgehead atoms. The van der Waals surface area contributed by atoms with Crippen molar-refractivity contribution < 1.29 is 9.53 Å². The third-order valence-corrected chi connectivity index (χ3v) is 4.80. The van der Waals surface area contributed by atoms with Crippen molar-refractivity contribution in [3.8, 4) is 0 Å². The van der Waals surface area contributed by atoms with Crippen LogP contribution >= 0.6 is 12.4 Å². The SMILES string of the molecule is COCCn1nc(C)c(NC(=O)CC(C)C2CCCNC2)c1C.Cl. The van der Waals surface area contributed by atoms with Crippen LogP contribution in [0.1, 0.15) is 37.6 Å². The standard InChI is InChI=1S/C17H30N4O2.ClH/c1-12(15-6-5-7-18-11-15)10-16(22)19-17-13(2)20-21(14(17)3)8-9-23-4;/h12,15,18H,5-11H2,1-4H3,(H,19,22);1H. The zero-order valence-electron chi connectivity index (χ0n) is 15.2. The Morgan fingerprint density at radius 3 is 2.88 bits per heavy atom. The smallest absolute Gasteiger partial charge is 0.224 e. The molecular formula is C17H31ClN4O2. The molecule has 1 saturated heterocycles. The Hall–Kier alpha value is -1.11. The van der Waals surface area contributed by atoms with Gasteiger partial charge < -0.3 is 15.4 Å². The van der Waals surface area contributed by atoms with Gasteiger partial charge in [0.15, 0.2) is 0 Å². The molecule has 6 nitrogen and oxygen atoms in total. The minimum absolute atomic E-state index is 0. The lowest BCUT2D eigenvalue weighted by molar-refractivity contribution is -0.117. The second kappa shape index (κ2) is 10.0. The molecule has 0 spiro atoms. The number of carbonyl (C=O) groups excluding carboxylic acids is 1. The molecule has 0 aliphatic carbocycles. The van der Waals surface area contributed by atoms with E-state index in [9.17, 15) is 4.79 Å². The van der Waals surface area contributed by atoms with Crippen molar-refractivity contribution in [3.05, 3.63) is 11.4 Å². The summed E-state index contributed by atoms with van der Waals surface area (Å²) in [5, 5.41) is 11.0. The fourth-order valence-electron chi connectivity index (χ4n) is 3.29. The van der Waals surface area contributed by atoms with E-state index in [1.165, 1.54) is 12.8 Å². The first kappa shape index (κ1) is 20.9. The van der Waals surface area contributed by atoms with E-state index in [4.69, 9.17) is 4.74 Å². The molecule has 1 aromatic rings. The van der Waals surface area contributed by atoms with Gasteiger partial charge in [0.05, 0.1) is 30.2 Å². The van der Waals surface area contributed by atoms with Gasteiger partial charge in [-0.2, -0.15) is 5.10 Å². The third-order valence-electron chi connectivity index (χ3n) is 4.80. The van der Waals surface area contributed by atoms with Crippen molar-refractivity contribution in [2.75, 3.05) is 32.1 Å². The van der Waals surface area contributed by atoms with Crippen LogP contribution in [0.25, 0.3) is 0 Å². The molecule has 1 aliphatic rings. The number of aromatic nitrogens is 2. The molecule has 2 atom stereocenters. The maximum atomic E-state index is 12.4. The highest BCUT2D eigenvalue weighted by Crippen LogP contribution is 2.24. The van der Waals surface area contributed by atoms with Gasteiger partial charge in [-0.05, 0) is 51.6 Å². The molecule has 2 heterocycles. The molecule has 0 saturated carbocycles. The number of halogens is 1. The molecule has 2 N–H and O–H groups in total. The Bertz CT molecular complexity index is 527. The Kier molecular flexibility index (Phi) is 8.73. The van der Waals surface area contributed by atoms with Crippen molar-refractivity contribution in [1.82, 2.24) is 15.1 Å². The predicted molar refractivity (Wildman–Crippen MR) is 98.8 cm³/mol. The molecule has 1 fully saturated rings. The number of amides is 1. The third kappa shape index (κ3) is 5.46. The molecule has 0 aromatic carbocycles. The molecule has 0 radical (unpaired) electrons. The fourth-order valence-corrected chi connectivity index (χ4v) is 3.29. The number of aryl methyl sites for hydroxylation is 1. The van der Waals surface area contributed by atoms with E-state index in [1.807, 2.05) is 18.5 Å². The van der Waals surface area contributed by atoms with Crippen LogP contribution in [0.4, 0.5) is 5.69 Å². The van der Waals surface area contributed by atoms with Gasteiger partial charge in [-0.15, -0.1) is 12.4 Å². The average Bonchev–Trinajstić information content (AvgIpc) is 2.81. The number of carbonyl (C=O) groups is 1. The highest BCUT2D eigenvalue weighted by Gasteiger charge is 2.23. The van der Waals surface area contributed by atoms with Crippen LogP contribution in [-0.4, -0.2) is 42.5 Å². The summed E-state index contributed by atoms with van der Waals surface area (Å²) in [5.41, 5.74) is 2.69. The summed E-state index contributed by atoms with van der Waals surface area (Å²) in [7, 11) is 1.68. The largest absolute Gasteiger partial charge is 0.383 e. The summed E-state index contributed by atoms with van der Waals surface area (Å²) in [5.74, 6) is 1.08. The van der Waals surface area contributed by atoms with Gasteiger partial charge in [-0.3, -0.25) is 9.48 Å². The van der Waals surface area contributed by atoms with Crippen LogP contribution in [0.3, 0.4) is 0 Å². The minimum Gasteiger partial charge on any atom is -0.383 e. The molecule has 2 rings (SSSR count). The number of hydrogen-bond acceptors (Lipinski definition) is 4. The van der Waals surface area contributed by atoms with E-state index in [0.29, 0.717) is 31.4 Å². The predicted octanol–water partition coefficient (Wildman–Crippen LogP) is 2.53. The fraction of sp³-hybridized carbons (Fsp3) is 0.765. The Morgan fingerprint density at radius 2 is 2.25 bits per heavy atom. The van der Waals surface area contributed by atoms with E-state index in [1.54, 1.807) is 7.11 Å². The van der Waals surface area contributed by atoms with Gasteiger partial charge in [0.25, 0.3) is 0 Å². The van der Waals surface area contributed by atoms with E-state index in [-0.39, 0.29) is 18.3 Å². The summed E-state index contributed by atoms with van der Waals surface area (Å²) in [6.45, 7) is 9.54. The molecular weight excluding hydrogens is 328 g/mol. The number of piperidine rings is 1. The normalized spacial score (nSPS) is 18.8. The van der Waals surface area contributed by atoms with Crippen molar-refractivity contribution in [2.45, 2.75) is 46.6 Å². The van der Waals surface area contributed by atoms with Crippen LogP contribution in [0.2, 0.25) is 0 Å². The van der Waals surface area contributed by atoms with Gasteiger partial charge in [-0.1, -0.05) is 6.92 Å². The quantitative estimate of drug-likeness (QED) is 0.786. The van der Waals surface area contributed by atoms with Crippen LogP contribution in [0, 0.1) is 25.7 Å². The van der Waals surface area contributed by atoms with Crippen molar-refractivity contribution >= 4 is 24.0 Å². The second-order valence-corrected chi connectivity index (χ2v) is 6.60. The zero-order valence-corrected chi connectivity index (χ0v) is 16.0. The van der Waals surface area contributed by atoms with Crippen LogP contribution < -0.4 is 10.6 Å². The van der Waals surface area contributed by atoms with Crippen LogP contribution in [-0.2, 0) is 16.1 Å². The summed E-state index contributed by atoms with van der Waals surface area (Å²) in [6.07, 6.45) is 2.99. The van der Waals surface area contributed by atoms with Crippen molar-refractivity contribution in [1.29, 1.82) is 0 Å². The molecule has 138 valence electrons. The van der Waals surface area contributed by atoms with Crippen LogP contribution in [0.15, 0.2) is 0 Å². The molecule has 7 heteroatoms. The van der Waals surface area contributed by atoms with Gasteiger partial charge in [0.2, 0.25) is 5.91 Å². The van der Waals surface area contributed by atoms with Gasteiger partial charge in [0, 0.05) is 13.5 Å². The lowest BCUT2D eigenvalue weighted by Crippen LogP contribution is -2.34. The van der Waals surface area contributed by atoms with Crippen molar-refractivity contribution in [3.63, 3.8) is 0 Å². The number of ether oxygens (including phenoxy) is 1. The molecule has 24 heavy (non-hydrogen) atoms. The molecule has 1 aliphatic heterocycles. The Morgan fingerprint density at radius 1 is 1.50 bits per heavy atom. The van der Waals surface area contributed by atoms with Gasteiger partial charge >= 0.3 is 0 Å². The van der Waals surface area contributed by atoms with E-state index < -0.39 is 0 Å². The lowest BCUT2D eigenvalue weighted by Gasteiger charge is -2.28. The summed E-state index contributed by atoms with van der Waals surface area (Å²) >= 11 is 0. The van der Waals surface area contributed by atoms with Gasteiger partial charge in [0.1, 0.15) is 0 Å². The first-order chi connectivity index (χ1) is 11.0. The van der Waals surface area contributed by atoms with Gasteiger partial charge in [-0.25, -0.2) is 0 Å². The second-order valence-electron chi connectivity index (χ2n) is 6.60. The average molecular weight is 359 g/mol. The van der Waals surface area contributed by atoms with E-state index in [0.717, 1.165) is 30.2 Å². The summed E-state index contributed by atoms with van der Waals surface area (Å²) in [6, 6.07) is 0. The number of rotatable bonds is 7. The van der Waals surface area contributed by atoms with Crippen LogP contribution in [0.5, 0.6) is 0 Å². The number of nitrogens with zero attached hydrogens (tertiary/aromatic N) is 2. The maximum absolute atomic E-state index is 12.4. The summed E-state index contributed by atoms with van der Waals surface area (Å²) in [4.78, 5) is 12.4. The van der Waals surface area contributed by atoms with E-state index in [2.05, 4.69) is 22.7 Å². The first-order valence-corrected chi connectivity index (χ1v) is 8.56. The molecule has 1 amide bonds. The zero-order chi connectivity index (χ0) is 16.8. The van der Waals surface area contributed by atoms with Crippen molar-refractivity contribution in [2.24, 2.45) is 11.8 Å². The lowest BCUT2D eigenvalue weighted by atomic mass is 9.85. The van der Waals surface area contributed by atoms with E-state index >= 15 is 0 Å². The number of anilines is 1. The number of nitrogens with one attached hydrogen (secondary N) is 2. The molecule has 1 aromatic heterocycles. The molecule has 2 unspecified atom stereocenters. The monoisotopic (exact) mass is 358 g/mol. The highest BCUT2D eigenvalue weighted by atomic mass is 35.5. The minimum atomic E-state index is 0. The maximum Gasteiger partial charge on any atom is 0.224 e. The number of methoxy groups -OCH3 is 1. The first-order valence-electron chi connectivity index (χ1n) is 8.56. The topological polar surface area (TPSA) is 68.2 Å².